The highest BCUT2D eigenvalue weighted by Gasteiger charge is 2.35. The largest absolute Gasteiger partial charge is 0.368 e. The molecule has 0 radical (unpaired) electrons. The van der Waals surface area contributed by atoms with E-state index in [9.17, 15) is 9.59 Å². The number of rotatable bonds is 7. The number of hydrogen-bond donors (Lipinski definition) is 1. The zero-order chi connectivity index (χ0) is 16.8. The Balaban J connectivity index is 1.93. The van der Waals surface area contributed by atoms with Crippen molar-refractivity contribution >= 4 is 29.1 Å². The van der Waals surface area contributed by atoms with E-state index in [-0.39, 0.29) is 11.8 Å². The second-order valence-electron chi connectivity index (χ2n) is 5.38. The number of carbonyl (C=O) groups excluding carboxylic acids is 2. The first-order valence-electron chi connectivity index (χ1n) is 7.63. The summed E-state index contributed by atoms with van der Waals surface area (Å²) in [7, 11) is 0. The summed E-state index contributed by atoms with van der Waals surface area (Å²) in [5, 5.41) is 3.27. The van der Waals surface area contributed by atoms with E-state index < -0.39 is 12.1 Å². The van der Waals surface area contributed by atoms with Crippen LogP contribution >= 0.6 is 11.6 Å². The molecule has 6 heteroatoms. The first-order chi connectivity index (χ1) is 11.0. The van der Waals surface area contributed by atoms with Crippen molar-refractivity contribution in [3.05, 3.63) is 41.9 Å². The van der Waals surface area contributed by atoms with E-state index in [0.29, 0.717) is 36.7 Å². The normalized spacial score (nSPS) is 18.8. The van der Waals surface area contributed by atoms with Crippen LogP contribution in [0.5, 0.6) is 0 Å². The minimum Gasteiger partial charge on any atom is -0.368 e. The third-order valence-corrected chi connectivity index (χ3v) is 4.04. The van der Waals surface area contributed by atoms with Crippen molar-refractivity contribution in [3.63, 3.8) is 0 Å². The summed E-state index contributed by atoms with van der Waals surface area (Å²) in [5.74, 6) is -0.432. The van der Waals surface area contributed by atoms with E-state index in [2.05, 4.69) is 11.9 Å². The van der Waals surface area contributed by atoms with E-state index in [4.69, 9.17) is 16.3 Å². The molecular formula is C17H21ClN2O3. The fraction of sp³-hybridized carbons (Fsp3) is 0.412. The molecule has 124 valence electrons. The Morgan fingerprint density at radius 1 is 1.57 bits per heavy atom. The van der Waals surface area contributed by atoms with Crippen LogP contribution in [-0.4, -0.2) is 37.1 Å². The number of nitrogens with one attached hydrogen (secondary N) is 1. The van der Waals surface area contributed by atoms with Crippen LogP contribution in [0.1, 0.15) is 19.8 Å². The fourth-order valence-corrected chi connectivity index (χ4v) is 2.65. The molecule has 1 N–H and O–H groups in total. The molecule has 2 rings (SSSR count). The van der Waals surface area contributed by atoms with Gasteiger partial charge >= 0.3 is 0 Å². The first kappa shape index (κ1) is 17.5. The van der Waals surface area contributed by atoms with Gasteiger partial charge in [0.25, 0.3) is 0 Å². The molecule has 1 heterocycles. The van der Waals surface area contributed by atoms with Crippen molar-refractivity contribution in [2.24, 2.45) is 0 Å². The summed E-state index contributed by atoms with van der Waals surface area (Å²) >= 11 is 6.14. The zero-order valence-electron chi connectivity index (χ0n) is 13.1. The van der Waals surface area contributed by atoms with Gasteiger partial charge in [-0.2, -0.15) is 0 Å². The number of carbonyl (C=O) groups is 2. The van der Waals surface area contributed by atoms with Gasteiger partial charge in [-0.25, -0.2) is 0 Å². The number of hydrogen-bond acceptors (Lipinski definition) is 3. The van der Waals surface area contributed by atoms with E-state index in [1.807, 2.05) is 12.1 Å². The average Bonchev–Trinajstić information content (AvgIpc) is 2.89. The van der Waals surface area contributed by atoms with Crippen LogP contribution < -0.4 is 10.2 Å². The molecule has 0 spiro atoms. The van der Waals surface area contributed by atoms with Crippen molar-refractivity contribution in [1.82, 2.24) is 5.32 Å². The van der Waals surface area contributed by atoms with Gasteiger partial charge in [0.15, 0.2) is 0 Å². The Morgan fingerprint density at radius 2 is 2.30 bits per heavy atom. The molecule has 1 aliphatic heterocycles. The van der Waals surface area contributed by atoms with Crippen molar-refractivity contribution in [2.75, 3.05) is 18.1 Å². The molecule has 23 heavy (non-hydrogen) atoms. The third kappa shape index (κ3) is 4.33. The smallest absolute Gasteiger partial charge is 0.249 e. The average molecular weight is 337 g/mol. The maximum absolute atomic E-state index is 12.5. The van der Waals surface area contributed by atoms with Gasteiger partial charge in [-0.1, -0.05) is 29.8 Å². The lowest BCUT2D eigenvalue weighted by atomic mass is 10.2. The quantitative estimate of drug-likeness (QED) is 0.615. The van der Waals surface area contributed by atoms with Gasteiger partial charge in [-0.3, -0.25) is 9.59 Å². The van der Waals surface area contributed by atoms with Gasteiger partial charge in [0, 0.05) is 6.54 Å². The Hall–Kier alpha value is -1.85. The Labute approximate surface area is 141 Å². The van der Waals surface area contributed by atoms with Crippen molar-refractivity contribution in [2.45, 2.75) is 31.9 Å². The monoisotopic (exact) mass is 336 g/mol. The number of amides is 2. The predicted octanol–water partition coefficient (Wildman–Crippen LogP) is 2.54. The van der Waals surface area contributed by atoms with Gasteiger partial charge in [0.1, 0.15) is 12.1 Å². The van der Waals surface area contributed by atoms with Gasteiger partial charge in [0.05, 0.1) is 17.3 Å². The van der Waals surface area contributed by atoms with E-state index in [1.165, 1.54) is 0 Å². The molecule has 1 fully saturated rings. The summed E-state index contributed by atoms with van der Waals surface area (Å²) in [6.45, 7) is 6.23. The molecular weight excluding hydrogens is 316 g/mol. The minimum absolute atomic E-state index is 0.148. The predicted molar refractivity (Wildman–Crippen MR) is 90.6 cm³/mol. The minimum atomic E-state index is -0.600. The molecule has 0 aliphatic carbocycles. The number of ether oxygens (including phenoxy) is 1. The lowest BCUT2D eigenvalue weighted by molar-refractivity contribution is -0.134. The van der Waals surface area contributed by atoms with E-state index in [0.717, 1.165) is 0 Å². The van der Waals surface area contributed by atoms with Gasteiger partial charge in [-0.05, 0) is 31.9 Å². The van der Waals surface area contributed by atoms with Crippen LogP contribution in [0.25, 0.3) is 0 Å². The SMILES string of the molecule is C=CCCO[C@@H](C)C(=O)N[C@@H]1CCN(c2ccccc2Cl)C1=O. The maximum atomic E-state index is 12.5. The molecule has 0 unspecified atom stereocenters. The van der Waals surface area contributed by atoms with Crippen LogP contribution in [0, 0.1) is 0 Å². The lowest BCUT2D eigenvalue weighted by Crippen LogP contribution is -2.45. The first-order valence-corrected chi connectivity index (χ1v) is 8.01. The van der Waals surface area contributed by atoms with Gasteiger partial charge < -0.3 is 15.0 Å². The van der Waals surface area contributed by atoms with E-state index >= 15 is 0 Å². The number of halogens is 1. The Morgan fingerprint density at radius 3 is 3.00 bits per heavy atom. The van der Waals surface area contributed by atoms with E-state index in [1.54, 1.807) is 30.0 Å². The van der Waals surface area contributed by atoms with Crippen LogP contribution in [0.15, 0.2) is 36.9 Å². The second kappa shape index (κ2) is 8.13. The molecule has 1 saturated heterocycles. The second-order valence-corrected chi connectivity index (χ2v) is 5.79. The lowest BCUT2D eigenvalue weighted by Gasteiger charge is -2.19. The topological polar surface area (TPSA) is 58.6 Å². The highest BCUT2D eigenvalue weighted by Crippen LogP contribution is 2.28. The number of para-hydroxylation sites is 1. The molecule has 2 amide bonds. The maximum Gasteiger partial charge on any atom is 0.249 e. The highest BCUT2D eigenvalue weighted by atomic mass is 35.5. The van der Waals surface area contributed by atoms with Crippen molar-refractivity contribution in [1.29, 1.82) is 0 Å². The molecule has 0 bridgehead atoms. The molecule has 1 aromatic carbocycles. The molecule has 5 nitrogen and oxygen atoms in total. The van der Waals surface area contributed by atoms with Gasteiger partial charge in [-0.15, -0.1) is 6.58 Å². The van der Waals surface area contributed by atoms with Crippen LogP contribution in [0.3, 0.4) is 0 Å². The number of benzene rings is 1. The summed E-state index contributed by atoms with van der Waals surface area (Å²) in [4.78, 5) is 26.2. The summed E-state index contributed by atoms with van der Waals surface area (Å²) in [6.07, 6.45) is 2.36. The van der Waals surface area contributed by atoms with Crippen molar-refractivity contribution < 1.29 is 14.3 Å². The molecule has 1 aliphatic rings. The molecule has 0 saturated carbocycles. The molecule has 2 atom stereocenters. The van der Waals surface area contributed by atoms with Crippen LogP contribution in [0.4, 0.5) is 5.69 Å². The summed E-state index contributed by atoms with van der Waals surface area (Å²) in [5.41, 5.74) is 0.672. The summed E-state index contributed by atoms with van der Waals surface area (Å²) in [6, 6.07) is 6.64. The zero-order valence-corrected chi connectivity index (χ0v) is 13.9. The van der Waals surface area contributed by atoms with Crippen molar-refractivity contribution in [3.8, 4) is 0 Å². The van der Waals surface area contributed by atoms with Crippen LogP contribution in [0.2, 0.25) is 5.02 Å². The molecule has 1 aromatic rings. The van der Waals surface area contributed by atoms with Crippen LogP contribution in [-0.2, 0) is 14.3 Å². The number of nitrogens with zero attached hydrogens (tertiary/aromatic N) is 1. The Bertz CT molecular complexity index is 591. The Kier molecular flexibility index (Phi) is 6.19. The summed E-state index contributed by atoms with van der Waals surface area (Å²) < 4.78 is 5.39. The third-order valence-electron chi connectivity index (χ3n) is 3.72. The highest BCUT2D eigenvalue weighted by molar-refractivity contribution is 6.34. The standard InChI is InChI=1S/C17H21ClN2O3/c1-3-4-11-23-12(2)16(21)19-14-9-10-20(17(14)22)15-8-6-5-7-13(15)18/h3,5-8,12,14H,1,4,9-11H2,2H3,(H,19,21)/t12-,14+/m0/s1. The molecule has 0 aromatic heterocycles. The fourth-order valence-electron chi connectivity index (χ4n) is 2.42. The van der Waals surface area contributed by atoms with Gasteiger partial charge in [0.2, 0.25) is 11.8 Å². The number of anilines is 1.